The molecule has 4 aromatic carbocycles. The summed E-state index contributed by atoms with van der Waals surface area (Å²) in [6.45, 7) is 0. The molecular weight excluding hydrogens is 468 g/mol. The number of para-hydroxylation sites is 3. The van der Waals surface area contributed by atoms with Crippen LogP contribution in [-0.2, 0) is 0 Å². The van der Waals surface area contributed by atoms with Crippen LogP contribution in [0.25, 0.3) is 67.3 Å². The summed E-state index contributed by atoms with van der Waals surface area (Å²) in [5.74, 6) is 1.84. The largest absolute Gasteiger partial charge is 0.290 e. The molecule has 6 nitrogen and oxygen atoms in total. The number of nitrogens with zero attached hydrogens (tertiary/aromatic N) is 6. The van der Waals surface area contributed by atoms with Gasteiger partial charge in [-0.3, -0.25) is 8.97 Å². The van der Waals surface area contributed by atoms with Gasteiger partial charge >= 0.3 is 0 Å². The Hall–Kier alpha value is -5.36. The van der Waals surface area contributed by atoms with Crippen molar-refractivity contribution in [1.82, 2.24) is 28.9 Å². The molecule has 8 rings (SSSR count). The van der Waals surface area contributed by atoms with Gasteiger partial charge in [0, 0.05) is 16.5 Å². The predicted molar refractivity (Wildman–Crippen MR) is 151 cm³/mol. The van der Waals surface area contributed by atoms with Gasteiger partial charge in [0.05, 0.1) is 27.6 Å². The third-order valence-corrected chi connectivity index (χ3v) is 6.97. The summed E-state index contributed by atoms with van der Waals surface area (Å²) in [6.07, 6.45) is 0. The van der Waals surface area contributed by atoms with E-state index in [9.17, 15) is 0 Å². The first-order valence-corrected chi connectivity index (χ1v) is 12.5. The number of pyridine rings is 1. The Morgan fingerprint density at radius 2 is 1.05 bits per heavy atom. The highest BCUT2D eigenvalue weighted by atomic mass is 15.2. The lowest BCUT2D eigenvalue weighted by molar-refractivity contribution is 0.952. The average molecular weight is 489 g/mol. The molecule has 0 fully saturated rings. The highest BCUT2D eigenvalue weighted by Crippen LogP contribution is 2.34. The summed E-state index contributed by atoms with van der Waals surface area (Å²) in [7, 11) is 0. The summed E-state index contributed by atoms with van der Waals surface area (Å²) >= 11 is 0. The Morgan fingerprint density at radius 1 is 0.447 bits per heavy atom. The fourth-order valence-corrected chi connectivity index (χ4v) is 5.29. The molecule has 0 aliphatic carbocycles. The molecule has 0 saturated heterocycles. The second kappa shape index (κ2) is 8.08. The smallest absolute Gasteiger partial charge is 0.238 e. The van der Waals surface area contributed by atoms with Crippen LogP contribution in [-0.4, -0.2) is 28.9 Å². The third kappa shape index (κ3) is 3.07. The molecule has 0 radical (unpaired) electrons. The average Bonchev–Trinajstić information content (AvgIpc) is 3.53. The maximum Gasteiger partial charge on any atom is 0.238 e. The monoisotopic (exact) mass is 488 g/mol. The fourth-order valence-electron chi connectivity index (χ4n) is 5.29. The van der Waals surface area contributed by atoms with E-state index < -0.39 is 0 Å². The molecule has 0 amide bonds. The van der Waals surface area contributed by atoms with Gasteiger partial charge in [-0.15, -0.1) is 0 Å². The Labute approximate surface area is 217 Å². The minimum absolute atomic E-state index is 0.577. The lowest BCUT2D eigenvalue weighted by Crippen LogP contribution is -2.06. The molecule has 0 aliphatic rings. The molecule has 4 heterocycles. The molecule has 0 N–H and O–H groups in total. The Morgan fingerprint density at radius 3 is 1.76 bits per heavy atom. The van der Waals surface area contributed by atoms with Crippen molar-refractivity contribution in [3.63, 3.8) is 0 Å². The first-order valence-electron chi connectivity index (χ1n) is 12.5. The zero-order chi connectivity index (χ0) is 25.1. The van der Waals surface area contributed by atoms with E-state index in [0.29, 0.717) is 17.6 Å². The van der Waals surface area contributed by atoms with Crippen LogP contribution in [0.5, 0.6) is 0 Å². The van der Waals surface area contributed by atoms with E-state index in [2.05, 4.69) is 63.6 Å². The minimum Gasteiger partial charge on any atom is -0.290 e. The highest BCUT2D eigenvalue weighted by Gasteiger charge is 2.20. The van der Waals surface area contributed by atoms with Crippen molar-refractivity contribution in [1.29, 1.82) is 0 Å². The van der Waals surface area contributed by atoms with E-state index in [-0.39, 0.29) is 0 Å². The van der Waals surface area contributed by atoms with Crippen molar-refractivity contribution >= 4 is 38.6 Å². The topological polar surface area (TPSA) is 60.9 Å². The molecule has 0 saturated carbocycles. The van der Waals surface area contributed by atoms with Crippen LogP contribution in [0.2, 0.25) is 0 Å². The molecule has 0 aliphatic heterocycles. The van der Waals surface area contributed by atoms with Gasteiger partial charge in [-0.1, -0.05) is 91.0 Å². The Kier molecular flexibility index (Phi) is 4.42. The SMILES string of the molecule is c1ccc(-c2nc(-c3ccccc3)nc(-n3c4ccccc4c4c3ccc3nc5ccccc5n34)n2)cc1. The molecule has 0 atom stereocenters. The fraction of sp³-hybridized carbons (Fsp3) is 0. The summed E-state index contributed by atoms with van der Waals surface area (Å²) in [4.78, 5) is 19.8. The van der Waals surface area contributed by atoms with Crippen LogP contribution in [0.3, 0.4) is 0 Å². The van der Waals surface area contributed by atoms with E-state index in [1.807, 2.05) is 66.7 Å². The maximum absolute atomic E-state index is 5.02. The maximum atomic E-state index is 5.02. The van der Waals surface area contributed by atoms with Gasteiger partial charge in [-0.2, -0.15) is 9.97 Å². The van der Waals surface area contributed by atoms with Gasteiger partial charge in [0.25, 0.3) is 0 Å². The Bertz CT molecular complexity index is 2070. The van der Waals surface area contributed by atoms with Crippen LogP contribution in [0.4, 0.5) is 0 Å². The second-order valence-electron chi connectivity index (χ2n) is 9.23. The molecule has 4 aromatic heterocycles. The van der Waals surface area contributed by atoms with Crippen molar-refractivity contribution in [3.8, 4) is 28.7 Å². The van der Waals surface area contributed by atoms with E-state index in [0.717, 1.165) is 49.7 Å². The molecule has 0 spiro atoms. The standard InChI is InChI=1S/C32H20N6/c1-3-11-21(12-4-1)30-34-31(22-13-5-2-6-14-22)36-32(35-30)37-25-17-9-7-15-23(25)29-27(37)19-20-28-33-24-16-8-10-18-26(24)38(28)29/h1-20H. The zero-order valence-electron chi connectivity index (χ0n) is 20.2. The molecule has 178 valence electrons. The predicted octanol–water partition coefficient (Wildman–Crippen LogP) is 7.10. The number of hydrogen-bond donors (Lipinski definition) is 0. The number of imidazole rings is 1. The van der Waals surface area contributed by atoms with E-state index in [1.165, 1.54) is 0 Å². The van der Waals surface area contributed by atoms with Gasteiger partial charge in [-0.05, 0) is 30.3 Å². The van der Waals surface area contributed by atoms with E-state index >= 15 is 0 Å². The molecule has 6 heteroatoms. The van der Waals surface area contributed by atoms with E-state index in [4.69, 9.17) is 19.9 Å². The van der Waals surface area contributed by atoms with Crippen molar-refractivity contribution in [2.75, 3.05) is 0 Å². The number of fused-ring (bicyclic) bond motifs is 7. The number of aromatic nitrogens is 6. The quantitative estimate of drug-likeness (QED) is 0.266. The zero-order valence-corrected chi connectivity index (χ0v) is 20.2. The highest BCUT2D eigenvalue weighted by molar-refractivity contribution is 6.09. The summed E-state index contributed by atoms with van der Waals surface area (Å²) in [6, 6.07) is 40.9. The van der Waals surface area contributed by atoms with Gasteiger partial charge in [-0.25, -0.2) is 9.97 Å². The lowest BCUT2D eigenvalue weighted by Gasteiger charge is -2.10. The molecule has 0 unspecified atom stereocenters. The molecular formula is C32H20N6. The van der Waals surface area contributed by atoms with Crippen molar-refractivity contribution in [2.45, 2.75) is 0 Å². The third-order valence-electron chi connectivity index (χ3n) is 6.97. The summed E-state index contributed by atoms with van der Waals surface area (Å²) in [5, 5.41) is 1.11. The van der Waals surface area contributed by atoms with Crippen LogP contribution in [0.1, 0.15) is 0 Å². The van der Waals surface area contributed by atoms with Gasteiger partial charge < -0.3 is 0 Å². The summed E-state index contributed by atoms with van der Waals surface area (Å²) < 4.78 is 4.38. The number of rotatable bonds is 3. The van der Waals surface area contributed by atoms with Crippen molar-refractivity contribution in [3.05, 3.63) is 121 Å². The first kappa shape index (κ1) is 20.8. The normalized spacial score (nSPS) is 11.7. The van der Waals surface area contributed by atoms with Crippen LogP contribution in [0, 0.1) is 0 Å². The van der Waals surface area contributed by atoms with Gasteiger partial charge in [0.15, 0.2) is 11.6 Å². The molecule has 8 aromatic rings. The first-order chi connectivity index (χ1) is 18.8. The van der Waals surface area contributed by atoms with Gasteiger partial charge in [0.1, 0.15) is 5.65 Å². The van der Waals surface area contributed by atoms with E-state index in [1.54, 1.807) is 0 Å². The Balaban J connectivity index is 1.51. The summed E-state index contributed by atoms with van der Waals surface area (Å²) in [5.41, 5.74) is 7.94. The van der Waals surface area contributed by atoms with Crippen LogP contribution < -0.4 is 0 Å². The van der Waals surface area contributed by atoms with Gasteiger partial charge in [0.2, 0.25) is 5.95 Å². The lowest BCUT2D eigenvalue weighted by atomic mass is 10.2. The number of benzene rings is 4. The minimum atomic E-state index is 0.577. The van der Waals surface area contributed by atoms with Crippen molar-refractivity contribution in [2.24, 2.45) is 0 Å². The second-order valence-corrected chi connectivity index (χ2v) is 9.23. The van der Waals surface area contributed by atoms with Crippen LogP contribution >= 0.6 is 0 Å². The van der Waals surface area contributed by atoms with Crippen molar-refractivity contribution < 1.29 is 0 Å². The van der Waals surface area contributed by atoms with Crippen LogP contribution in [0.15, 0.2) is 121 Å². The number of hydrogen-bond acceptors (Lipinski definition) is 4. The molecule has 0 bridgehead atoms. The molecule has 38 heavy (non-hydrogen) atoms.